The fraction of sp³-hybridized carbons (Fsp3) is 0.154. The lowest BCUT2D eigenvalue weighted by atomic mass is 10.2. The maximum atomic E-state index is 12.3. The van der Waals surface area contributed by atoms with Crippen LogP contribution in [0.2, 0.25) is 0 Å². The van der Waals surface area contributed by atoms with Crippen LogP contribution >= 0.6 is 23.4 Å². The molecule has 0 saturated carbocycles. The van der Waals surface area contributed by atoms with E-state index in [-0.39, 0.29) is 5.56 Å². The van der Waals surface area contributed by atoms with Gasteiger partial charge in [-0.05, 0) is 12.1 Å². The average molecular weight is 307 g/mol. The summed E-state index contributed by atoms with van der Waals surface area (Å²) in [4.78, 5) is 12.3. The molecule has 0 aliphatic carbocycles. The Morgan fingerprint density at radius 2 is 2.15 bits per heavy atom. The Balaban J connectivity index is 2.32. The predicted molar refractivity (Wildman–Crippen MR) is 81.5 cm³/mol. The number of benzene rings is 1. The van der Waals surface area contributed by atoms with Gasteiger partial charge in [0.2, 0.25) is 5.78 Å². The maximum Gasteiger partial charge on any atom is 0.262 e. The third-order valence-electron chi connectivity index (χ3n) is 2.99. The molecule has 0 bridgehead atoms. The van der Waals surface area contributed by atoms with Gasteiger partial charge in [-0.2, -0.15) is 0 Å². The van der Waals surface area contributed by atoms with Crippen molar-refractivity contribution in [3.63, 3.8) is 0 Å². The number of rotatable bonds is 3. The molecule has 0 spiro atoms. The monoisotopic (exact) mass is 306 g/mol. The Hall–Kier alpha value is -1.79. The van der Waals surface area contributed by atoms with Gasteiger partial charge >= 0.3 is 0 Å². The molecule has 5 nitrogen and oxygen atoms in total. The normalized spacial score (nSPS) is 11.9. The van der Waals surface area contributed by atoms with Crippen LogP contribution in [0.3, 0.4) is 0 Å². The second-order valence-corrected chi connectivity index (χ2v) is 5.41. The minimum absolute atomic E-state index is 0.0716. The van der Waals surface area contributed by atoms with E-state index in [9.17, 15) is 4.79 Å². The molecule has 7 heteroatoms. The topological polar surface area (TPSA) is 52.2 Å². The summed E-state index contributed by atoms with van der Waals surface area (Å²) in [5.41, 5.74) is 2.22. The van der Waals surface area contributed by atoms with Gasteiger partial charge in [0.15, 0.2) is 5.16 Å². The van der Waals surface area contributed by atoms with Gasteiger partial charge in [-0.15, -0.1) is 10.2 Å². The highest BCUT2D eigenvalue weighted by atomic mass is 35.5. The van der Waals surface area contributed by atoms with Gasteiger partial charge in [-0.3, -0.25) is 13.8 Å². The first-order chi connectivity index (χ1) is 9.74. The first-order valence-corrected chi connectivity index (χ1v) is 7.37. The van der Waals surface area contributed by atoms with Crippen molar-refractivity contribution in [2.45, 2.75) is 5.16 Å². The number of aromatic nitrogens is 4. The fourth-order valence-corrected chi connectivity index (χ4v) is 3.01. The third-order valence-corrected chi connectivity index (χ3v) is 4.05. The van der Waals surface area contributed by atoms with Crippen molar-refractivity contribution in [1.82, 2.24) is 19.2 Å². The highest BCUT2D eigenvalue weighted by molar-refractivity contribution is 7.99. The Morgan fingerprint density at radius 3 is 2.95 bits per heavy atom. The number of hydrogen-bond donors (Lipinski definition) is 0. The second kappa shape index (κ2) is 5.30. The van der Waals surface area contributed by atoms with Gasteiger partial charge in [0, 0.05) is 18.3 Å². The summed E-state index contributed by atoms with van der Waals surface area (Å²) in [6.07, 6.45) is 1.83. The van der Waals surface area contributed by atoms with E-state index in [1.54, 1.807) is 7.05 Å². The summed E-state index contributed by atoms with van der Waals surface area (Å²) in [6.45, 7) is 0. The Kier molecular flexibility index (Phi) is 3.50. The summed E-state index contributed by atoms with van der Waals surface area (Å²) in [6, 6.07) is 7.45. The Labute approximate surface area is 123 Å². The van der Waals surface area contributed by atoms with Gasteiger partial charge in [-0.25, -0.2) is 0 Å². The Bertz CT molecular complexity index is 868. The molecule has 0 fully saturated rings. The summed E-state index contributed by atoms with van der Waals surface area (Å²) < 4.78 is 3.40. The molecule has 0 radical (unpaired) electrons. The molecule has 0 N–H and O–H groups in total. The lowest BCUT2D eigenvalue weighted by molar-refractivity contribution is 0.853. The largest absolute Gasteiger partial charge is 0.279 e. The van der Waals surface area contributed by atoms with E-state index in [1.165, 1.54) is 21.9 Å². The zero-order valence-corrected chi connectivity index (χ0v) is 12.2. The lowest BCUT2D eigenvalue weighted by Gasteiger charge is -2.06. The van der Waals surface area contributed by atoms with E-state index in [0.717, 1.165) is 10.7 Å². The number of thioether (sulfide) groups is 1. The van der Waals surface area contributed by atoms with Crippen molar-refractivity contribution in [3.05, 3.63) is 46.2 Å². The smallest absolute Gasteiger partial charge is 0.262 e. The first kappa shape index (κ1) is 13.2. The van der Waals surface area contributed by atoms with Gasteiger partial charge in [0.1, 0.15) is 0 Å². The first-order valence-electron chi connectivity index (χ1n) is 5.95. The predicted octanol–water partition coefficient (Wildman–Crippen LogP) is 2.43. The molecular formula is C13H11ClN4OS. The summed E-state index contributed by atoms with van der Waals surface area (Å²) >= 11 is 7.03. The van der Waals surface area contributed by atoms with E-state index in [4.69, 9.17) is 11.6 Å². The number of para-hydroxylation sites is 1. The van der Waals surface area contributed by atoms with Crippen molar-refractivity contribution >= 4 is 40.0 Å². The molecule has 0 unspecified atom stereocenters. The summed E-state index contributed by atoms with van der Waals surface area (Å²) in [7, 11) is 1.70. The maximum absolute atomic E-state index is 12.3. The quantitative estimate of drug-likeness (QED) is 0.697. The molecule has 0 atom stereocenters. The SMILES string of the molecule is Cn1c(=O)c2ccccc2n2c(SC/C=C/Cl)nnc12. The molecule has 102 valence electrons. The van der Waals surface area contributed by atoms with Crippen LogP contribution in [0.1, 0.15) is 0 Å². The van der Waals surface area contributed by atoms with Crippen LogP contribution in [-0.4, -0.2) is 24.9 Å². The zero-order valence-electron chi connectivity index (χ0n) is 10.7. The fourth-order valence-electron chi connectivity index (χ4n) is 2.06. The molecule has 0 aliphatic rings. The van der Waals surface area contributed by atoms with Crippen LogP contribution in [0.25, 0.3) is 16.7 Å². The minimum Gasteiger partial charge on any atom is -0.279 e. The molecule has 0 amide bonds. The van der Waals surface area contributed by atoms with Gasteiger partial charge < -0.3 is 0 Å². The van der Waals surface area contributed by atoms with Crippen molar-refractivity contribution < 1.29 is 0 Å². The molecular weight excluding hydrogens is 296 g/mol. The van der Waals surface area contributed by atoms with Crippen LogP contribution in [0, 0.1) is 0 Å². The van der Waals surface area contributed by atoms with Crippen LogP contribution in [-0.2, 0) is 7.05 Å². The number of nitrogens with zero attached hydrogens (tertiary/aromatic N) is 4. The standard InChI is InChI=1S/C13H11ClN4OS/c1-17-11(19)9-5-2-3-6-10(9)18-12(17)15-16-13(18)20-8-4-7-14/h2-7H,8H2,1H3/b7-4+. The van der Waals surface area contributed by atoms with E-state index < -0.39 is 0 Å². The lowest BCUT2D eigenvalue weighted by Crippen LogP contribution is -2.20. The number of fused-ring (bicyclic) bond motifs is 3. The van der Waals surface area contributed by atoms with Crippen LogP contribution in [0.4, 0.5) is 0 Å². The molecule has 20 heavy (non-hydrogen) atoms. The van der Waals surface area contributed by atoms with Crippen molar-refractivity contribution in [1.29, 1.82) is 0 Å². The van der Waals surface area contributed by atoms with Crippen molar-refractivity contribution in [2.24, 2.45) is 7.05 Å². The Morgan fingerprint density at radius 1 is 1.35 bits per heavy atom. The van der Waals surface area contributed by atoms with E-state index in [1.807, 2.05) is 34.7 Å². The average Bonchev–Trinajstić information content (AvgIpc) is 2.89. The molecule has 3 rings (SSSR count). The van der Waals surface area contributed by atoms with Crippen LogP contribution in [0.5, 0.6) is 0 Å². The van der Waals surface area contributed by atoms with Crippen LogP contribution < -0.4 is 5.56 Å². The van der Waals surface area contributed by atoms with Crippen LogP contribution in [0.15, 0.2) is 45.8 Å². The van der Waals surface area contributed by atoms with Gasteiger partial charge in [-0.1, -0.05) is 41.6 Å². The highest BCUT2D eigenvalue weighted by Crippen LogP contribution is 2.21. The minimum atomic E-state index is -0.0716. The van der Waals surface area contributed by atoms with E-state index >= 15 is 0 Å². The molecule has 3 aromatic rings. The number of aryl methyl sites for hydroxylation is 1. The van der Waals surface area contributed by atoms with Gasteiger partial charge in [0.25, 0.3) is 5.56 Å². The zero-order chi connectivity index (χ0) is 14.1. The highest BCUT2D eigenvalue weighted by Gasteiger charge is 2.13. The number of hydrogen-bond acceptors (Lipinski definition) is 4. The van der Waals surface area contributed by atoms with E-state index in [0.29, 0.717) is 16.9 Å². The third kappa shape index (κ3) is 2.01. The molecule has 2 heterocycles. The summed E-state index contributed by atoms with van der Waals surface area (Å²) in [5, 5.41) is 9.65. The molecule has 0 saturated heterocycles. The van der Waals surface area contributed by atoms with Crippen molar-refractivity contribution in [2.75, 3.05) is 5.75 Å². The molecule has 2 aromatic heterocycles. The van der Waals surface area contributed by atoms with E-state index in [2.05, 4.69) is 10.2 Å². The second-order valence-electron chi connectivity index (χ2n) is 4.17. The molecule has 0 aliphatic heterocycles. The molecule has 1 aromatic carbocycles. The number of halogens is 1. The van der Waals surface area contributed by atoms with Crippen molar-refractivity contribution in [3.8, 4) is 0 Å². The summed E-state index contributed by atoms with van der Waals surface area (Å²) in [5.74, 6) is 1.23. The van der Waals surface area contributed by atoms with Gasteiger partial charge in [0.05, 0.1) is 10.9 Å².